The minimum Gasteiger partial charge on any atom is -0.496 e. The second-order valence-electron chi connectivity index (χ2n) is 5.97. The third kappa shape index (κ3) is 3.32. The van der Waals surface area contributed by atoms with E-state index in [9.17, 15) is 9.59 Å². The van der Waals surface area contributed by atoms with Gasteiger partial charge in [0.25, 0.3) is 0 Å². The second-order valence-corrected chi connectivity index (χ2v) is 5.97. The molecule has 6 heteroatoms. The normalized spacial score (nSPS) is 21.6. The molecule has 0 aliphatic carbocycles. The van der Waals surface area contributed by atoms with Crippen LogP contribution in [0.5, 0.6) is 5.75 Å². The number of ether oxygens (including phenoxy) is 1. The van der Waals surface area contributed by atoms with Crippen molar-refractivity contribution in [2.45, 2.75) is 18.9 Å². The highest BCUT2D eigenvalue weighted by molar-refractivity contribution is 5.86. The van der Waals surface area contributed by atoms with E-state index in [4.69, 9.17) is 4.74 Å². The number of benzene rings is 1. The van der Waals surface area contributed by atoms with Crippen LogP contribution in [0.4, 0.5) is 0 Å². The van der Waals surface area contributed by atoms with Crippen molar-refractivity contribution in [2.75, 3.05) is 39.8 Å². The molecule has 0 unspecified atom stereocenters. The van der Waals surface area contributed by atoms with Gasteiger partial charge in [0.15, 0.2) is 0 Å². The van der Waals surface area contributed by atoms with Crippen molar-refractivity contribution in [3.63, 3.8) is 0 Å². The molecule has 6 nitrogen and oxygen atoms in total. The van der Waals surface area contributed by atoms with Gasteiger partial charge in [-0.2, -0.15) is 0 Å². The number of carbonyl (C=O) groups excluding carboxylic acids is 2. The highest BCUT2D eigenvalue weighted by Crippen LogP contribution is 2.30. The number of hydrogen-bond donors (Lipinski definition) is 1. The van der Waals surface area contributed by atoms with Gasteiger partial charge in [-0.05, 0) is 12.5 Å². The van der Waals surface area contributed by atoms with Gasteiger partial charge in [0.1, 0.15) is 5.75 Å². The third-order valence-corrected chi connectivity index (χ3v) is 4.56. The van der Waals surface area contributed by atoms with Crippen LogP contribution in [0.2, 0.25) is 0 Å². The van der Waals surface area contributed by atoms with Crippen molar-refractivity contribution in [1.82, 2.24) is 15.1 Å². The Hall–Kier alpha value is -2.08. The van der Waals surface area contributed by atoms with Gasteiger partial charge in [-0.1, -0.05) is 18.2 Å². The maximum Gasteiger partial charge on any atom is 0.242 e. The maximum absolute atomic E-state index is 12.7. The Morgan fingerprint density at radius 1 is 1.35 bits per heavy atom. The summed E-state index contributed by atoms with van der Waals surface area (Å²) >= 11 is 0. The number of piperazine rings is 1. The summed E-state index contributed by atoms with van der Waals surface area (Å²) in [5.74, 6) is 0.885. The fourth-order valence-electron chi connectivity index (χ4n) is 3.35. The van der Waals surface area contributed by atoms with Crippen molar-refractivity contribution in [2.24, 2.45) is 0 Å². The predicted molar refractivity (Wildman–Crippen MR) is 86.1 cm³/mol. The zero-order valence-electron chi connectivity index (χ0n) is 13.5. The molecule has 2 fully saturated rings. The van der Waals surface area contributed by atoms with E-state index in [1.807, 2.05) is 29.2 Å². The Balaban J connectivity index is 1.78. The average Bonchev–Trinajstić information content (AvgIpc) is 2.99. The summed E-state index contributed by atoms with van der Waals surface area (Å²) in [6.07, 6.45) is 1.41. The molecule has 1 aromatic carbocycles. The van der Waals surface area contributed by atoms with Crippen LogP contribution >= 0.6 is 0 Å². The van der Waals surface area contributed by atoms with Gasteiger partial charge in [0, 0.05) is 38.2 Å². The SMILES string of the molecule is COc1ccccc1[C@H]1CNCCN1C(=O)CN1CCCC1=O. The van der Waals surface area contributed by atoms with E-state index < -0.39 is 0 Å². The van der Waals surface area contributed by atoms with Crippen LogP contribution in [-0.2, 0) is 9.59 Å². The summed E-state index contributed by atoms with van der Waals surface area (Å²) in [6, 6.07) is 7.73. The minimum atomic E-state index is -0.0647. The molecule has 1 atom stereocenters. The number of para-hydroxylation sites is 1. The number of hydrogen-bond acceptors (Lipinski definition) is 4. The van der Waals surface area contributed by atoms with E-state index in [1.165, 1.54) is 0 Å². The van der Waals surface area contributed by atoms with E-state index in [0.29, 0.717) is 26.1 Å². The average molecular weight is 317 g/mol. The number of methoxy groups -OCH3 is 1. The molecular weight excluding hydrogens is 294 g/mol. The molecule has 0 aromatic heterocycles. The zero-order chi connectivity index (χ0) is 16.2. The molecule has 2 amide bonds. The standard InChI is InChI=1S/C17H23N3O3/c1-23-15-6-3-2-5-13(15)14-11-18-8-10-20(14)17(22)12-19-9-4-7-16(19)21/h2-3,5-6,14,18H,4,7-12H2,1H3/t14-/m1/s1. The van der Waals surface area contributed by atoms with Gasteiger partial charge < -0.3 is 19.9 Å². The quantitative estimate of drug-likeness (QED) is 0.892. The largest absolute Gasteiger partial charge is 0.496 e. The molecule has 2 saturated heterocycles. The first-order chi connectivity index (χ1) is 11.2. The van der Waals surface area contributed by atoms with Crippen molar-refractivity contribution >= 4 is 11.8 Å². The van der Waals surface area contributed by atoms with Crippen LogP contribution in [0.1, 0.15) is 24.4 Å². The highest BCUT2D eigenvalue weighted by Gasteiger charge is 2.32. The molecular formula is C17H23N3O3. The lowest BCUT2D eigenvalue weighted by Gasteiger charge is -2.37. The molecule has 23 heavy (non-hydrogen) atoms. The van der Waals surface area contributed by atoms with E-state index in [1.54, 1.807) is 12.0 Å². The fraction of sp³-hybridized carbons (Fsp3) is 0.529. The van der Waals surface area contributed by atoms with Gasteiger partial charge >= 0.3 is 0 Å². The topological polar surface area (TPSA) is 61.9 Å². The minimum absolute atomic E-state index is 0.0117. The van der Waals surface area contributed by atoms with Gasteiger partial charge in [-0.15, -0.1) is 0 Å². The van der Waals surface area contributed by atoms with Crippen LogP contribution < -0.4 is 10.1 Å². The maximum atomic E-state index is 12.7. The van der Waals surface area contributed by atoms with Crippen molar-refractivity contribution in [3.05, 3.63) is 29.8 Å². The first-order valence-corrected chi connectivity index (χ1v) is 8.11. The molecule has 2 aliphatic rings. The lowest BCUT2D eigenvalue weighted by Crippen LogP contribution is -2.51. The van der Waals surface area contributed by atoms with Crippen LogP contribution in [0.25, 0.3) is 0 Å². The predicted octanol–water partition coefficient (Wildman–Crippen LogP) is 0.790. The molecule has 2 heterocycles. The number of carbonyl (C=O) groups is 2. The number of rotatable bonds is 4. The zero-order valence-corrected chi connectivity index (χ0v) is 13.5. The van der Waals surface area contributed by atoms with Gasteiger partial charge in [0.2, 0.25) is 11.8 Å². The Morgan fingerprint density at radius 3 is 2.91 bits per heavy atom. The number of likely N-dealkylation sites (tertiary alicyclic amines) is 1. The van der Waals surface area contributed by atoms with E-state index >= 15 is 0 Å². The van der Waals surface area contributed by atoms with Gasteiger partial charge in [0.05, 0.1) is 19.7 Å². The molecule has 3 rings (SSSR count). The van der Waals surface area contributed by atoms with Crippen molar-refractivity contribution in [3.8, 4) is 5.75 Å². The first kappa shape index (κ1) is 15.8. The molecule has 1 aromatic rings. The Labute approximate surface area is 136 Å². The second kappa shape index (κ2) is 7.00. The highest BCUT2D eigenvalue weighted by atomic mass is 16.5. The van der Waals surface area contributed by atoms with E-state index in [-0.39, 0.29) is 24.4 Å². The van der Waals surface area contributed by atoms with Crippen LogP contribution in [-0.4, -0.2) is 61.4 Å². The number of amides is 2. The molecule has 2 aliphatic heterocycles. The molecule has 124 valence electrons. The summed E-state index contributed by atoms with van der Waals surface area (Å²) < 4.78 is 5.45. The van der Waals surface area contributed by atoms with Crippen LogP contribution in [0, 0.1) is 0 Å². The van der Waals surface area contributed by atoms with E-state index in [0.717, 1.165) is 24.3 Å². The Morgan fingerprint density at radius 2 is 2.17 bits per heavy atom. The fourth-order valence-corrected chi connectivity index (χ4v) is 3.35. The Bertz CT molecular complexity index is 590. The van der Waals surface area contributed by atoms with Crippen molar-refractivity contribution in [1.29, 1.82) is 0 Å². The molecule has 0 spiro atoms. The summed E-state index contributed by atoms with van der Waals surface area (Å²) in [4.78, 5) is 28.1. The number of nitrogens with one attached hydrogen (secondary N) is 1. The van der Waals surface area contributed by atoms with Gasteiger partial charge in [-0.3, -0.25) is 9.59 Å². The molecule has 0 radical (unpaired) electrons. The summed E-state index contributed by atoms with van der Waals surface area (Å²) in [5.41, 5.74) is 1.00. The molecule has 0 bridgehead atoms. The summed E-state index contributed by atoms with van der Waals surface area (Å²) in [5, 5.41) is 3.34. The van der Waals surface area contributed by atoms with Crippen LogP contribution in [0.15, 0.2) is 24.3 Å². The monoisotopic (exact) mass is 317 g/mol. The van der Waals surface area contributed by atoms with Crippen molar-refractivity contribution < 1.29 is 14.3 Å². The summed E-state index contributed by atoms with van der Waals surface area (Å²) in [7, 11) is 1.64. The smallest absolute Gasteiger partial charge is 0.242 e. The van der Waals surface area contributed by atoms with E-state index in [2.05, 4.69) is 5.32 Å². The third-order valence-electron chi connectivity index (χ3n) is 4.56. The molecule has 1 N–H and O–H groups in total. The lowest BCUT2D eigenvalue weighted by molar-refractivity contribution is -0.140. The number of nitrogens with zero attached hydrogens (tertiary/aromatic N) is 2. The lowest BCUT2D eigenvalue weighted by atomic mass is 10.0. The molecule has 0 saturated carbocycles. The van der Waals surface area contributed by atoms with Gasteiger partial charge in [-0.25, -0.2) is 0 Å². The summed E-state index contributed by atoms with van der Waals surface area (Å²) in [6.45, 7) is 2.98. The Kier molecular flexibility index (Phi) is 4.81. The van der Waals surface area contributed by atoms with Crippen LogP contribution in [0.3, 0.4) is 0 Å². The first-order valence-electron chi connectivity index (χ1n) is 8.11.